The highest BCUT2D eigenvalue weighted by atomic mass is 32.2. The second-order valence-corrected chi connectivity index (χ2v) is 16.2. The summed E-state index contributed by atoms with van der Waals surface area (Å²) in [6, 6.07) is 3.19. The quantitative estimate of drug-likeness (QED) is 0.367. The van der Waals surface area contributed by atoms with Crippen molar-refractivity contribution >= 4 is 45.2 Å². The predicted molar refractivity (Wildman–Crippen MR) is 177 cm³/mol. The maximum atomic E-state index is 13.9. The molecule has 50 heavy (non-hydrogen) atoms. The molecule has 4 fully saturated rings. The molecule has 0 aromatic heterocycles. The third-order valence-electron chi connectivity index (χ3n) is 10.5. The van der Waals surface area contributed by atoms with Crippen LogP contribution in [0, 0.1) is 17.8 Å². The Bertz CT molecular complexity index is 1640. The van der Waals surface area contributed by atoms with E-state index in [2.05, 4.69) is 15.4 Å². The maximum absolute atomic E-state index is 13.9. The van der Waals surface area contributed by atoms with Gasteiger partial charge in [0.2, 0.25) is 21.8 Å². The number of alkyl halides is 3. The van der Waals surface area contributed by atoms with Gasteiger partial charge in [-0.3, -0.25) is 24.4 Å². The van der Waals surface area contributed by atoms with Crippen molar-refractivity contribution in [1.29, 1.82) is 0 Å². The van der Waals surface area contributed by atoms with E-state index in [1.165, 1.54) is 11.0 Å². The van der Waals surface area contributed by atoms with Gasteiger partial charge >= 0.3 is 12.3 Å². The third kappa shape index (κ3) is 7.89. The van der Waals surface area contributed by atoms with E-state index < -0.39 is 74.3 Å². The number of piperidine rings is 1. The van der Waals surface area contributed by atoms with Crippen molar-refractivity contribution in [2.75, 3.05) is 36.9 Å². The van der Waals surface area contributed by atoms with E-state index in [9.17, 15) is 40.8 Å². The molecule has 1 saturated heterocycles. The number of anilines is 2. The number of carbonyl (C=O) groups excluding carboxylic acids is 4. The van der Waals surface area contributed by atoms with Gasteiger partial charge in [0.15, 0.2) is 0 Å². The number of benzene rings is 1. The van der Waals surface area contributed by atoms with Gasteiger partial charge in [0.05, 0.1) is 34.0 Å². The molecule has 4 amide bonds. The normalized spacial score (nSPS) is 29.9. The van der Waals surface area contributed by atoms with Gasteiger partial charge in [0, 0.05) is 32.6 Å². The molecule has 0 radical (unpaired) electrons. The number of ether oxygens (including phenoxy) is 1. The lowest BCUT2D eigenvalue weighted by atomic mass is 9.93. The highest BCUT2D eigenvalue weighted by Gasteiger charge is 2.62. The van der Waals surface area contributed by atoms with Gasteiger partial charge in [0.25, 0.3) is 5.91 Å². The molecule has 2 heterocycles. The molecule has 2 aliphatic heterocycles. The Balaban J connectivity index is 1.21. The van der Waals surface area contributed by atoms with Crippen LogP contribution in [0.5, 0.6) is 0 Å². The van der Waals surface area contributed by atoms with Gasteiger partial charge in [-0.25, -0.2) is 13.2 Å². The Labute approximate surface area is 289 Å². The first-order chi connectivity index (χ1) is 23.7. The summed E-state index contributed by atoms with van der Waals surface area (Å²) in [6.45, 7) is 1.68. The average Bonchev–Trinajstić information content (AvgIpc) is 3.99. The number of nitrogens with zero attached hydrogens (tertiary/aromatic N) is 2. The minimum Gasteiger partial charge on any atom is -0.446 e. The van der Waals surface area contributed by atoms with Crippen LogP contribution in [-0.4, -0.2) is 80.7 Å². The van der Waals surface area contributed by atoms with Gasteiger partial charge in [0.1, 0.15) is 11.6 Å². The Kier molecular flexibility index (Phi) is 10.1. The molecule has 1 aromatic carbocycles. The lowest BCUT2D eigenvalue weighted by Gasteiger charge is -2.31. The maximum Gasteiger partial charge on any atom is 0.416 e. The highest BCUT2D eigenvalue weighted by molar-refractivity contribution is 7.91. The van der Waals surface area contributed by atoms with E-state index in [-0.39, 0.29) is 30.9 Å². The van der Waals surface area contributed by atoms with Crippen LogP contribution in [-0.2, 0) is 35.3 Å². The van der Waals surface area contributed by atoms with E-state index >= 15 is 0 Å². The third-order valence-corrected chi connectivity index (χ3v) is 12.3. The fourth-order valence-corrected chi connectivity index (χ4v) is 8.77. The second-order valence-electron chi connectivity index (χ2n) is 14.2. The topological polar surface area (TPSA) is 154 Å². The summed E-state index contributed by atoms with van der Waals surface area (Å²) >= 11 is 0. The van der Waals surface area contributed by atoms with E-state index in [1.807, 2.05) is 17.1 Å². The Morgan fingerprint density at radius 2 is 1.70 bits per heavy atom. The first-order valence-corrected chi connectivity index (χ1v) is 19.0. The van der Waals surface area contributed by atoms with Crippen molar-refractivity contribution in [2.24, 2.45) is 17.8 Å². The fraction of sp³-hybridized carbons (Fsp3) is 0.647. The Morgan fingerprint density at radius 1 is 1.00 bits per heavy atom. The number of rotatable bonds is 6. The number of hydrogen-bond donors (Lipinski definition) is 3. The largest absolute Gasteiger partial charge is 0.446 e. The molecule has 1 aromatic rings. The Hall–Kier alpha value is -3.82. The molecular formula is C34H44F3N5O7S. The van der Waals surface area contributed by atoms with Gasteiger partial charge in [-0.05, 0) is 88.8 Å². The van der Waals surface area contributed by atoms with Crippen LogP contribution in [0.2, 0.25) is 0 Å². The van der Waals surface area contributed by atoms with E-state index in [0.717, 1.165) is 37.8 Å². The van der Waals surface area contributed by atoms with Crippen molar-refractivity contribution in [3.8, 4) is 0 Å². The van der Waals surface area contributed by atoms with Crippen LogP contribution in [0.3, 0.4) is 0 Å². The highest BCUT2D eigenvalue weighted by Crippen LogP contribution is 2.47. The van der Waals surface area contributed by atoms with E-state index in [0.29, 0.717) is 51.0 Å². The van der Waals surface area contributed by atoms with Crippen molar-refractivity contribution in [1.82, 2.24) is 14.9 Å². The minimum absolute atomic E-state index is 0.0190. The zero-order valence-corrected chi connectivity index (χ0v) is 28.8. The molecule has 0 spiro atoms. The van der Waals surface area contributed by atoms with Gasteiger partial charge in [-0.15, -0.1) is 0 Å². The lowest BCUT2D eigenvalue weighted by Crippen LogP contribution is -2.54. The second kappa shape index (κ2) is 14.1. The predicted octanol–water partition coefficient (Wildman–Crippen LogP) is 4.32. The van der Waals surface area contributed by atoms with Crippen molar-refractivity contribution in [2.45, 2.75) is 93.7 Å². The van der Waals surface area contributed by atoms with Gasteiger partial charge in [-0.1, -0.05) is 12.2 Å². The smallest absolute Gasteiger partial charge is 0.416 e. The fourth-order valence-electron chi connectivity index (χ4n) is 7.41. The SMILES string of the molecule is CN1CCCC/C=C\[C@@H]2C[C@@]2(C(=O)NS(=O)(=O)C2CC2)NC(=O)[C@@H]2C[C@@H](OC(=O)Nc3cc(C(F)(F)F)ccc3N3CCCCC3)C[C@H]2C1=O. The number of hydrogen-bond acceptors (Lipinski definition) is 8. The molecule has 5 aliphatic rings. The molecular weight excluding hydrogens is 679 g/mol. The molecule has 3 saturated carbocycles. The van der Waals surface area contributed by atoms with Crippen LogP contribution in [0.15, 0.2) is 30.4 Å². The summed E-state index contributed by atoms with van der Waals surface area (Å²) in [4.78, 5) is 57.8. The van der Waals surface area contributed by atoms with Crippen molar-refractivity contribution in [3.63, 3.8) is 0 Å². The number of sulfonamides is 1. The Morgan fingerprint density at radius 3 is 2.40 bits per heavy atom. The summed E-state index contributed by atoms with van der Waals surface area (Å²) < 4.78 is 74.0. The van der Waals surface area contributed by atoms with Crippen LogP contribution >= 0.6 is 0 Å². The van der Waals surface area contributed by atoms with Crippen LogP contribution in [0.25, 0.3) is 0 Å². The van der Waals surface area contributed by atoms with Crippen LogP contribution < -0.4 is 20.3 Å². The minimum atomic E-state index is -4.64. The molecule has 0 bridgehead atoms. The number of allylic oxidation sites excluding steroid dienone is 1. The first kappa shape index (κ1) is 36.0. The van der Waals surface area contributed by atoms with Crippen LogP contribution in [0.1, 0.15) is 76.2 Å². The number of halogens is 3. The zero-order valence-electron chi connectivity index (χ0n) is 28.0. The molecule has 12 nitrogen and oxygen atoms in total. The molecule has 0 unspecified atom stereocenters. The summed E-state index contributed by atoms with van der Waals surface area (Å²) in [7, 11) is -2.27. The van der Waals surface area contributed by atoms with E-state index in [1.54, 1.807) is 7.05 Å². The van der Waals surface area contributed by atoms with Crippen LogP contribution in [0.4, 0.5) is 29.3 Å². The van der Waals surface area contributed by atoms with Crippen molar-refractivity contribution in [3.05, 3.63) is 35.9 Å². The first-order valence-electron chi connectivity index (χ1n) is 17.4. The van der Waals surface area contributed by atoms with Gasteiger partial charge in [-0.2, -0.15) is 13.2 Å². The molecule has 5 atom stereocenters. The summed E-state index contributed by atoms with van der Waals surface area (Å²) in [5.74, 6) is -4.17. The van der Waals surface area contributed by atoms with E-state index in [4.69, 9.17) is 4.74 Å². The molecule has 3 N–H and O–H groups in total. The lowest BCUT2D eigenvalue weighted by molar-refractivity contribution is -0.140. The standard InChI is InChI=1S/C34H44F3N5O7S/c1-41-14-6-3-2-5-9-22-20-33(22,31(45)40-50(47,48)24-11-12-24)39-29(43)25-18-23(19-26(25)30(41)44)49-32(46)38-27-17-21(34(35,36)37)10-13-28(27)42-15-7-4-8-16-42/h5,9-10,13,17,22-26H,2-4,6-8,11-12,14-16,18-20H2,1H3,(H,38,46)(H,39,43)(H,40,45)/b9-5-/t22-,23-,25-,26-,33-/m1/s1. The molecule has 274 valence electrons. The number of nitrogens with one attached hydrogen (secondary N) is 3. The number of carbonyl (C=O) groups is 4. The number of fused-ring (bicyclic) bond motifs is 2. The number of amides is 4. The summed E-state index contributed by atoms with van der Waals surface area (Å²) in [5.41, 5.74) is -2.06. The average molecular weight is 724 g/mol. The molecule has 3 aliphatic carbocycles. The molecule has 16 heteroatoms. The van der Waals surface area contributed by atoms with Gasteiger partial charge < -0.3 is 19.9 Å². The zero-order chi connectivity index (χ0) is 35.8. The summed E-state index contributed by atoms with van der Waals surface area (Å²) in [6.07, 6.45) is 2.94. The summed E-state index contributed by atoms with van der Waals surface area (Å²) in [5, 5.41) is 4.63. The molecule has 6 rings (SSSR count). The van der Waals surface area contributed by atoms with Crippen molar-refractivity contribution < 1.29 is 45.5 Å². The monoisotopic (exact) mass is 723 g/mol.